The van der Waals surface area contributed by atoms with E-state index >= 15 is 0 Å². The van der Waals surface area contributed by atoms with Gasteiger partial charge in [0.05, 0.1) is 19.1 Å². The molecule has 148 valence electrons. The molecule has 0 aromatic heterocycles. The smallest absolute Gasteiger partial charge is 0.308 e. The van der Waals surface area contributed by atoms with Gasteiger partial charge in [-0.1, -0.05) is 23.7 Å². The first kappa shape index (κ1) is 21.4. The van der Waals surface area contributed by atoms with Crippen molar-refractivity contribution in [2.75, 3.05) is 13.2 Å². The van der Waals surface area contributed by atoms with Gasteiger partial charge in [-0.05, 0) is 48.9 Å². The zero-order valence-electron chi connectivity index (χ0n) is 15.7. The number of rotatable bonds is 9. The highest BCUT2D eigenvalue weighted by Crippen LogP contribution is 2.20. The van der Waals surface area contributed by atoms with E-state index in [1.165, 1.54) is 6.92 Å². The molecular weight excluding hydrogens is 382 g/mol. The standard InChI is InChI=1S/C21H22ClNO5/c1-3-27-18-10-6-16(7-11-18)20(25)13-28-21(26)12-19(23-14(2)24)15-4-8-17(22)9-5-15/h4-11,19H,3,12-13H2,1-2H3,(H,23,24). The van der Waals surface area contributed by atoms with Crippen LogP contribution in [0.5, 0.6) is 5.75 Å². The van der Waals surface area contributed by atoms with Crippen LogP contribution in [0, 0.1) is 0 Å². The molecule has 0 saturated heterocycles. The highest BCUT2D eigenvalue weighted by molar-refractivity contribution is 6.30. The first-order valence-electron chi connectivity index (χ1n) is 8.83. The van der Waals surface area contributed by atoms with Crippen LogP contribution >= 0.6 is 11.6 Å². The fourth-order valence-corrected chi connectivity index (χ4v) is 2.68. The zero-order chi connectivity index (χ0) is 20.5. The number of carbonyl (C=O) groups excluding carboxylic acids is 3. The fraction of sp³-hybridized carbons (Fsp3) is 0.286. The molecule has 2 rings (SSSR count). The van der Waals surface area contributed by atoms with E-state index in [-0.39, 0.29) is 24.7 Å². The van der Waals surface area contributed by atoms with Crippen molar-refractivity contribution in [3.8, 4) is 5.75 Å². The van der Waals surface area contributed by atoms with Gasteiger partial charge in [-0.15, -0.1) is 0 Å². The van der Waals surface area contributed by atoms with E-state index in [0.717, 1.165) is 5.56 Å². The number of amides is 1. The van der Waals surface area contributed by atoms with Crippen LogP contribution in [0.3, 0.4) is 0 Å². The van der Waals surface area contributed by atoms with Gasteiger partial charge in [-0.25, -0.2) is 0 Å². The number of ether oxygens (including phenoxy) is 2. The van der Waals surface area contributed by atoms with Crippen LogP contribution in [0.1, 0.15) is 42.2 Å². The maximum Gasteiger partial charge on any atom is 0.308 e. The average molecular weight is 404 g/mol. The summed E-state index contributed by atoms with van der Waals surface area (Å²) in [6.07, 6.45) is -0.0994. The lowest BCUT2D eigenvalue weighted by molar-refractivity contribution is -0.143. The number of carbonyl (C=O) groups is 3. The van der Waals surface area contributed by atoms with Gasteiger partial charge in [-0.3, -0.25) is 14.4 Å². The molecule has 2 aromatic rings. The molecule has 1 amide bonds. The largest absolute Gasteiger partial charge is 0.494 e. The first-order valence-corrected chi connectivity index (χ1v) is 9.21. The molecule has 0 saturated carbocycles. The SMILES string of the molecule is CCOc1ccc(C(=O)COC(=O)CC(NC(C)=O)c2ccc(Cl)cc2)cc1. The van der Waals surface area contributed by atoms with Crippen molar-refractivity contribution >= 4 is 29.3 Å². The van der Waals surface area contributed by atoms with Crippen molar-refractivity contribution in [1.82, 2.24) is 5.32 Å². The van der Waals surface area contributed by atoms with E-state index in [4.69, 9.17) is 21.1 Å². The van der Waals surface area contributed by atoms with Crippen LogP contribution in [-0.2, 0) is 14.3 Å². The number of ketones is 1. The summed E-state index contributed by atoms with van der Waals surface area (Å²) in [5.74, 6) is -0.526. The third-order valence-electron chi connectivity index (χ3n) is 3.87. The maximum absolute atomic E-state index is 12.2. The topological polar surface area (TPSA) is 81.7 Å². The summed E-state index contributed by atoms with van der Waals surface area (Å²) in [4.78, 5) is 35.8. The molecule has 7 heteroatoms. The molecule has 0 fully saturated rings. The normalized spacial score (nSPS) is 11.4. The summed E-state index contributed by atoms with van der Waals surface area (Å²) >= 11 is 5.87. The van der Waals surface area contributed by atoms with Crippen molar-refractivity contribution in [3.05, 3.63) is 64.7 Å². The van der Waals surface area contributed by atoms with Gasteiger partial charge in [0.15, 0.2) is 12.4 Å². The monoisotopic (exact) mass is 403 g/mol. The molecule has 0 radical (unpaired) electrons. The lowest BCUT2D eigenvalue weighted by atomic mass is 10.0. The lowest BCUT2D eigenvalue weighted by Crippen LogP contribution is -2.29. The summed E-state index contributed by atoms with van der Waals surface area (Å²) in [6, 6.07) is 12.8. The van der Waals surface area contributed by atoms with E-state index < -0.39 is 12.0 Å². The molecular formula is C21H22ClNO5. The van der Waals surface area contributed by atoms with Crippen LogP contribution in [-0.4, -0.2) is 30.9 Å². The van der Waals surface area contributed by atoms with Crippen LogP contribution < -0.4 is 10.1 Å². The number of nitrogens with one attached hydrogen (secondary N) is 1. The molecule has 28 heavy (non-hydrogen) atoms. The third kappa shape index (κ3) is 6.70. The fourth-order valence-electron chi connectivity index (χ4n) is 2.55. The summed E-state index contributed by atoms with van der Waals surface area (Å²) in [5, 5.41) is 3.25. The van der Waals surface area contributed by atoms with Crippen LogP contribution in [0.4, 0.5) is 0 Å². The minimum absolute atomic E-state index is 0.0994. The van der Waals surface area contributed by atoms with E-state index in [0.29, 0.717) is 22.9 Å². The van der Waals surface area contributed by atoms with E-state index in [1.54, 1.807) is 48.5 Å². The second-order valence-corrected chi connectivity index (χ2v) is 6.49. The molecule has 1 unspecified atom stereocenters. The van der Waals surface area contributed by atoms with Crippen LogP contribution in [0.25, 0.3) is 0 Å². The molecule has 1 atom stereocenters. The maximum atomic E-state index is 12.2. The van der Waals surface area contributed by atoms with Gasteiger partial charge >= 0.3 is 5.97 Å². The van der Waals surface area contributed by atoms with Crippen molar-refractivity contribution in [3.63, 3.8) is 0 Å². The Balaban J connectivity index is 1.93. The van der Waals surface area contributed by atoms with Gasteiger partial charge in [0.25, 0.3) is 0 Å². The Kier molecular flexibility index (Phi) is 8.02. The predicted octanol–water partition coefficient (Wildman–Crippen LogP) is 3.73. The Morgan fingerprint density at radius 2 is 1.68 bits per heavy atom. The number of esters is 1. The molecule has 0 aliphatic rings. The Hall–Kier alpha value is -2.86. The average Bonchev–Trinajstić information content (AvgIpc) is 2.67. The van der Waals surface area contributed by atoms with Crippen molar-refractivity contribution < 1.29 is 23.9 Å². The Labute approximate surface area is 168 Å². The Bertz CT molecular complexity index is 818. The van der Waals surface area contributed by atoms with Gasteiger partial charge in [0.1, 0.15) is 5.75 Å². The van der Waals surface area contributed by atoms with Crippen molar-refractivity contribution in [2.45, 2.75) is 26.3 Å². The second-order valence-electron chi connectivity index (χ2n) is 6.05. The van der Waals surface area contributed by atoms with E-state index in [1.807, 2.05) is 6.92 Å². The van der Waals surface area contributed by atoms with E-state index in [9.17, 15) is 14.4 Å². The Morgan fingerprint density at radius 1 is 1.04 bits per heavy atom. The number of Topliss-reactive ketones (excluding diaryl/α,β-unsaturated/α-hetero) is 1. The molecule has 0 bridgehead atoms. The highest BCUT2D eigenvalue weighted by Gasteiger charge is 2.19. The molecule has 0 aliphatic heterocycles. The highest BCUT2D eigenvalue weighted by atomic mass is 35.5. The van der Waals surface area contributed by atoms with Crippen molar-refractivity contribution in [2.24, 2.45) is 0 Å². The summed E-state index contributed by atoms with van der Waals surface area (Å²) in [7, 11) is 0. The molecule has 0 aliphatic carbocycles. The number of hydrogen-bond acceptors (Lipinski definition) is 5. The zero-order valence-corrected chi connectivity index (χ0v) is 16.5. The van der Waals surface area contributed by atoms with Gasteiger partial charge < -0.3 is 14.8 Å². The quantitative estimate of drug-likeness (QED) is 0.509. The summed E-state index contributed by atoms with van der Waals surface area (Å²) < 4.78 is 10.4. The predicted molar refractivity (Wildman–Crippen MR) is 106 cm³/mol. The number of benzene rings is 2. The number of halogens is 1. The molecule has 2 aromatic carbocycles. The van der Waals surface area contributed by atoms with Crippen LogP contribution in [0.15, 0.2) is 48.5 Å². The molecule has 1 N–H and O–H groups in total. The van der Waals surface area contributed by atoms with Gasteiger partial charge in [-0.2, -0.15) is 0 Å². The third-order valence-corrected chi connectivity index (χ3v) is 4.12. The molecule has 0 spiro atoms. The molecule has 0 heterocycles. The number of hydrogen-bond donors (Lipinski definition) is 1. The first-order chi connectivity index (χ1) is 13.4. The minimum Gasteiger partial charge on any atom is -0.494 e. The Morgan fingerprint density at radius 3 is 2.25 bits per heavy atom. The van der Waals surface area contributed by atoms with E-state index in [2.05, 4.69) is 5.32 Å². The second kappa shape index (κ2) is 10.5. The van der Waals surface area contributed by atoms with Gasteiger partial charge in [0.2, 0.25) is 5.91 Å². The minimum atomic E-state index is -0.590. The summed E-state index contributed by atoms with van der Waals surface area (Å²) in [5.41, 5.74) is 1.14. The summed E-state index contributed by atoms with van der Waals surface area (Å²) in [6.45, 7) is 3.40. The molecule has 6 nitrogen and oxygen atoms in total. The van der Waals surface area contributed by atoms with Gasteiger partial charge in [0, 0.05) is 17.5 Å². The van der Waals surface area contributed by atoms with Crippen molar-refractivity contribution in [1.29, 1.82) is 0 Å². The van der Waals surface area contributed by atoms with Crippen LogP contribution in [0.2, 0.25) is 5.02 Å². The lowest BCUT2D eigenvalue weighted by Gasteiger charge is -2.17.